The van der Waals surface area contributed by atoms with Crippen LogP contribution in [0.5, 0.6) is 0 Å². The molecule has 2 N–H and O–H groups in total. The van der Waals surface area contributed by atoms with Gasteiger partial charge in [-0.3, -0.25) is 14.4 Å². The van der Waals surface area contributed by atoms with Crippen LogP contribution in [0.2, 0.25) is 0 Å². The Morgan fingerprint density at radius 3 is 2.96 bits per heavy atom. The molecular formula is C17H17N3O3S. The highest BCUT2D eigenvalue weighted by Gasteiger charge is 2.17. The Kier molecular flexibility index (Phi) is 4.80. The van der Waals surface area contributed by atoms with Crippen molar-refractivity contribution in [3.8, 4) is 0 Å². The zero-order valence-electron chi connectivity index (χ0n) is 13.2. The van der Waals surface area contributed by atoms with Crippen molar-refractivity contribution in [3.05, 3.63) is 51.4 Å². The zero-order valence-corrected chi connectivity index (χ0v) is 14.0. The number of nitrogens with one attached hydrogen (secondary N) is 2. The Morgan fingerprint density at radius 2 is 2.17 bits per heavy atom. The van der Waals surface area contributed by atoms with Crippen molar-refractivity contribution in [2.45, 2.75) is 31.3 Å². The Labute approximate surface area is 143 Å². The number of Topliss-reactive ketones (excluding diaryl/α,β-unsaturated/α-hetero) is 1. The third-order valence-electron chi connectivity index (χ3n) is 3.81. The van der Waals surface area contributed by atoms with Crippen LogP contribution in [0.25, 0.3) is 0 Å². The van der Waals surface area contributed by atoms with Gasteiger partial charge in [-0.25, -0.2) is 4.98 Å². The number of nitrogens with zero attached hydrogens (tertiary/aromatic N) is 1. The highest BCUT2D eigenvalue weighted by molar-refractivity contribution is 7.99. The van der Waals surface area contributed by atoms with E-state index in [4.69, 9.17) is 0 Å². The molecule has 1 aliphatic rings. The summed E-state index contributed by atoms with van der Waals surface area (Å²) in [5, 5.41) is 3.21. The molecule has 0 saturated heterocycles. The fraction of sp³-hybridized carbons (Fsp3) is 0.294. The largest absolute Gasteiger partial charge is 0.325 e. The van der Waals surface area contributed by atoms with Crippen LogP contribution in [0.15, 0.2) is 34.2 Å². The number of H-pyrrole nitrogens is 1. The first-order valence-corrected chi connectivity index (χ1v) is 8.67. The van der Waals surface area contributed by atoms with Gasteiger partial charge in [0.05, 0.1) is 11.4 Å². The van der Waals surface area contributed by atoms with E-state index >= 15 is 0 Å². The van der Waals surface area contributed by atoms with Crippen LogP contribution in [-0.2, 0) is 17.6 Å². The van der Waals surface area contributed by atoms with Crippen LogP contribution < -0.4 is 10.9 Å². The quantitative estimate of drug-likeness (QED) is 0.493. The summed E-state index contributed by atoms with van der Waals surface area (Å²) in [5.74, 6) is -0.143. The number of aromatic amines is 1. The SMILES string of the molecule is CC(=O)c1cccc(NC(=O)CSc2nc3c(c(=O)[nH]2)CCC3)c1. The summed E-state index contributed by atoms with van der Waals surface area (Å²) in [5.41, 5.74) is 2.63. The molecule has 0 fully saturated rings. The lowest BCUT2D eigenvalue weighted by Gasteiger charge is -2.07. The molecule has 2 aromatic rings. The minimum Gasteiger partial charge on any atom is -0.325 e. The minimum absolute atomic E-state index is 0.0552. The molecule has 7 heteroatoms. The van der Waals surface area contributed by atoms with Gasteiger partial charge >= 0.3 is 0 Å². The number of hydrogen-bond donors (Lipinski definition) is 2. The molecule has 6 nitrogen and oxygen atoms in total. The maximum absolute atomic E-state index is 12.0. The predicted octanol–water partition coefficient (Wildman–Crippen LogP) is 2.19. The van der Waals surface area contributed by atoms with E-state index in [1.54, 1.807) is 24.3 Å². The van der Waals surface area contributed by atoms with Gasteiger partial charge in [-0.05, 0) is 38.3 Å². The Morgan fingerprint density at radius 1 is 1.33 bits per heavy atom. The zero-order chi connectivity index (χ0) is 17.1. The number of amides is 1. The molecule has 1 heterocycles. The van der Waals surface area contributed by atoms with Crippen molar-refractivity contribution in [3.63, 3.8) is 0 Å². The maximum Gasteiger partial charge on any atom is 0.254 e. The molecule has 1 amide bonds. The molecule has 1 aliphatic carbocycles. The van der Waals surface area contributed by atoms with Gasteiger partial charge in [-0.2, -0.15) is 0 Å². The first kappa shape index (κ1) is 16.4. The van der Waals surface area contributed by atoms with E-state index in [0.29, 0.717) is 16.4 Å². The summed E-state index contributed by atoms with van der Waals surface area (Å²) >= 11 is 1.19. The number of fused-ring (bicyclic) bond motifs is 1. The second kappa shape index (κ2) is 7.00. The van der Waals surface area contributed by atoms with E-state index in [9.17, 15) is 14.4 Å². The molecule has 0 atom stereocenters. The van der Waals surface area contributed by atoms with Crippen molar-refractivity contribution in [2.75, 3.05) is 11.1 Å². The van der Waals surface area contributed by atoms with Crippen molar-refractivity contribution in [2.24, 2.45) is 0 Å². The number of carbonyl (C=O) groups is 2. The van der Waals surface area contributed by atoms with Gasteiger partial charge in [0.25, 0.3) is 5.56 Å². The Hall–Kier alpha value is -2.41. The molecule has 0 spiro atoms. The first-order chi connectivity index (χ1) is 11.5. The molecule has 3 rings (SSSR count). The van der Waals surface area contributed by atoms with Gasteiger partial charge in [-0.1, -0.05) is 23.9 Å². The first-order valence-electron chi connectivity index (χ1n) is 7.68. The second-order valence-electron chi connectivity index (χ2n) is 5.62. The maximum atomic E-state index is 12.0. The van der Waals surface area contributed by atoms with E-state index in [1.165, 1.54) is 18.7 Å². The van der Waals surface area contributed by atoms with Crippen molar-refractivity contribution >= 4 is 29.1 Å². The van der Waals surface area contributed by atoms with Crippen molar-refractivity contribution in [1.82, 2.24) is 9.97 Å². The minimum atomic E-state index is -0.219. The molecule has 0 unspecified atom stereocenters. The van der Waals surface area contributed by atoms with E-state index in [1.807, 2.05) is 0 Å². The highest BCUT2D eigenvalue weighted by Crippen LogP contribution is 2.20. The number of rotatable bonds is 5. The summed E-state index contributed by atoms with van der Waals surface area (Å²) in [4.78, 5) is 42.5. The third-order valence-corrected chi connectivity index (χ3v) is 4.69. The number of anilines is 1. The van der Waals surface area contributed by atoms with Gasteiger partial charge in [0, 0.05) is 16.8 Å². The normalized spacial score (nSPS) is 12.7. The van der Waals surface area contributed by atoms with E-state index in [-0.39, 0.29) is 23.0 Å². The molecule has 1 aromatic carbocycles. The highest BCUT2D eigenvalue weighted by atomic mass is 32.2. The average Bonchev–Trinajstić information content (AvgIpc) is 3.02. The lowest BCUT2D eigenvalue weighted by atomic mass is 10.1. The van der Waals surface area contributed by atoms with Crippen LogP contribution in [0.1, 0.15) is 35.0 Å². The monoisotopic (exact) mass is 343 g/mol. The Balaban J connectivity index is 1.62. The van der Waals surface area contributed by atoms with Crippen LogP contribution in [-0.4, -0.2) is 27.4 Å². The second-order valence-corrected chi connectivity index (χ2v) is 6.59. The van der Waals surface area contributed by atoms with Gasteiger partial charge in [0.15, 0.2) is 10.9 Å². The standard InChI is InChI=1S/C17H17N3O3S/c1-10(21)11-4-2-5-12(8-11)18-15(22)9-24-17-19-14-7-3-6-13(14)16(23)20-17/h2,4-5,8H,3,6-7,9H2,1H3,(H,18,22)(H,19,20,23). The van der Waals surface area contributed by atoms with Crippen molar-refractivity contribution < 1.29 is 9.59 Å². The predicted molar refractivity (Wildman–Crippen MR) is 92.7 cm³/mol. The lowest BCUT2D eigenvalue weighted by Crippen LogP contribution is -2.17. The molecule has 0 aliphatic heterocycles. The number of aryl methyl sites for hydroxylation is 1. The van der Waals surface area contributed by atoms with E-state index in [0.717, 1.165) is 30.5 Å². The fourth-order valence-electron chi connectivity index (χ4n) is 2.63. The van der Waals surface area contributed by atoms with E-state index in [2.05, 4.69) is 15.3 Å². The Bertz CT molecular complexity index is 860. The molecule has 0 radical (unpaired) electrons. The number of benzene rings is 1. The molecule has 0 bridgehead atoms. The average molecular weight is 343 g/mol. The molecular weight excluding hydrogens is 326 g/mol. The summed E-state index contributed by atoms with van der Waals surface area (Å²) in [7, 11) is 0. The van der Waals surface area contributed by atoms with Gasteiger partial charge in [0.1, 0.15) is 0 Å². The van der Waals surface area contributed by atoms with Crippen LogP contribution in [0.4, 0.5) is 5.69 Å². The van der Waals surface area contributed by atoms with Crippen LogP contribution in [0.3, 0.4) is 0 Å². The van der Waals surface area contributed by atoms with Crippen molar-refractivity contribution in [1.29, 1.82) is 0 Å². The smallest absolute Gasteiger partial charge is 0.254 e. The summed E-state index contributed by atoms with van der Waals surface area (Å²) in [6, 6.07) is 6.79. The topological polar surface area (TPSA) is 91.9 Å². The van der Waals surface area contributed by atoms with Gasteiger partial charge < -0.3 is 10.3 Å². The fourth-order valence-corrected chi connectivity index (χ4v) is 3.31. The third kappa shape index (κ3) is 3.73. The molecule has 0 saturated carbocycles. The van der Waals surface area contributed by atoms with Gasteiger partial charge in [0.2, 0.25) is 5.91 Å². The van der Waals surface area contributed by atoms with E-state index < -0.39 is 0 Å². The summed E-state index contributed by atoms with van der Waals surface area (Å²) in [6.45, 7) is 1.48. The number of hydrogen-bond acceptors (Lipinski definition) is 5. The summed E-state index contributed by atoms with van der Waals surface area (Å²) in [6.07, 6.45) is 2.54. The number of aromatic nitrogens is 2. The lowest BCUT2D eigenvalue weighted by molar-refractivity contribution is -0.113. The number of carbonyl (C=O) groups excluding carboxylic acids is 2. The van der Waals surface area contributed by atoms with Crippen LogP contribution in [0, 0.1) is 0 Å². The van der Waals surface area contributed by atoms with Crippen LogP contribution >= 0.6 is 11.8 Å². The molecule has 1 aromatic heterocycles. The summed E-state index contributed by atoms with van der Waals surface area (Å²) < 4.78 is 0. The van der Waals surface area contributed by atoms with Gasteiger partial charge in [-0.15, -0.1) is 0 Å². The molecule has 24 heavy (non-hydrogen) atoms. The number of ketones is 1. The number of thioether (sulfide) groups is 1. The molecule has 124 valence electrons.